The van der Waals surface area contributed by atoms with E-state index >= 15 is 0 Å². The SMILES string of the molecule is COc1ccc(C(=O)CSc2nc(CC(=O)Nc3ccc(Br)cc3)cs2)cc1. The van der Waals surface area contributed by atoms with Crippen LogP contribution in [-0.2, 0) is 11.2 Å². The van der Waals surface area contributed by atoms with Gasteiger partial charge in [0.25, 0.3) is 0 Å². The number of carbonyl (C=O) groups excluding carboxylic acids is 2. The lowest BCUT2D eigenvalue weighted by Crippen LogP contribution is -2.14. The quantitative estimate of drug-likeness (QED) is 0.363. The van der Waals surface area contributed by atoms with Crippen LogP contribution in [0.4, 0.5) is 5.69 Å². The van der Waals surface area contributed by atoms with Crippen molar-refractivity contribution in [1.29, 1.82) is 0 Å². The third kappa shape index (κ3) is 5.92. The highest BCUT2D eigenvalue weighted by Crippen LogP contribution is 2.24. The number of anilines is 1. The van der Waals surface area contributed by atoms with Crippen molar-refractivity contribution in [1.82, 2.24) is 4.98 Å². The van der Waals surface area contributed by atoms with E-state index < -0.39 is 0 Å². The highest BCUT2D eigenvalue weighted by atomic mass is 79.9. The Balaban J connectivity index is 1.49. The number of halogens is 1. The molecule has 5 nitrogen and oxygen atoms in total. The molecule has 144 valence electrons. The minimum Gasteiger partial charge on any atom is -0.497 e. The minimum atomic E-state index is -0.126. The van der Waals surface area contributed by atoms with Crippen LogP contribution >= 0.6 is 39.0 Å². The van der Waals surface area contributed by atoms with Gasteiger partial charge in [0, 0.05) is 21.1 Å². The zero-order chi connectivity index (χ0) is 19.9. The Hall–Kier alpha value is -2.16. The summed E-state index contributed by atoms with van der Waals surface area (Å²) in [5, 5.41) is 4.69. The lowest BCUT2D eigenvalue weighted by atomic mass is 10.1. The fraction of sp³-hybridized carbons (Fsp3) is 0.150. The summed E-state index contributed by atoms with van der Waals surface area (Å²) < 4.78 is 6.82. The van der Waals surface area contributed by atoms with Crippen LogP contribution in [0.2, 0.25) is 0 Å². The molecule has 28 heavy (non-hydrogen) atoms. The van der Waals surface area contributed by atoms with Crippen LogP contribution in [0.15, 0.2) is 62.7 Å². The molecule has 2 aromatic carbocycles. The van der Waals surface area contributed by atoms with E-state index in [4.69, 9.17) is 4.74 Å². The van der Waals surface area contributed by atoms with E-state index in [-0.39, 0.29) is 18.1 Å². The van der Waals surface area contributed by atoms with Gasteiger partial charge in [0.2, 0.25) is 5.91 Å². The van der Waals surface area contributed by atoms with E-state index in [1.807, 2.05) is 29.6 Å². The second-order valence-electron chi connectivity index (χ2n) is 5.78. The first-order chi connectivity index (χ1) is 13.5. The Morgan fingerprint density at radius 3 is 2.54 bits per heavy atom. The molecule has 1 aromatic heterocycles. The molecule has 0 aliphatic rings. The molecule has 1 N–H and O–H groups in total. The Labute approximate surface area is 179 Å². The Kier molecular flexibility index (Phi) is 7.24. The molecule has 0 fully saturated rings. The van der Waals surface area contributed by atoms with Gasteiger partial charge in [-0.25, -0.2) is 4.98 Å². The molecular formula is C20H17BrN2O3S2. The van der Waals surface area contributed by atoms with Crippen molar-refractivity contribution in [2.24, 2.45) is 0 Å². The van der Waals surface area contributed by atoms with Crippen molar-refractivity contribution >= 4 is 56.4 Å². The number of hydrogen-bond donors (Lipinski definition) is 1. The molecule has 0 aliphatic carbocycles. The van der Waals surface area contributed by atoms with Gasteiger partial charge in [-0.05, 0) is 48.5 Å². The van der Waals surface area contributed by atoms with Crippen LogP contribution in [0.1, 0.15) is 16.1 Å². The van der Waals surface area contributed by atoms with Gasteiger partial charge >= 0.3 is 0 Å². The van der Waals surface area contributed by atoms with Crippen LogP contribution in [0.25, 0.3) is 0 Å². The second kappa shape index (κ2) is 9.86. The summed E-state index contributed by atoms with van der Waals surface area (Å²) in [5.41, 5.74) is 2.07. The van der Waals surface area contributed by atoms with Crippen LogP contribution < -0.4 is 10.1 Å². The number of aromatic nitrogens is 1. The number of thiazole rings is 1. The average molecular weight is 477 g/mol. The molecule has 3 aromatic rings. The summed E-state index contributed by atoms with van der Waals surface area (Å²) in [7, 11) is 1.59. The molecule has 0 saturated carbocycles. The van der Waals surface area contributed by atoms with E-state index in [0.717, 1.165) is 20.2 Å². The van der Waals surface area contributed by atoms with Gasteiger partial charge in [-0.15, -0.1) is 11.3 Å². The molecule has 8 heteroatoms. The molecule has 1 amide bonds. The number of hydrogen-bond acceptors (Lipinski definition) is 6. The smallest absolute Gasteiger partial charge is 0.230 e. The standard InChI is InChI=1S/C20H17BrN2O3S2/c1-26-17-8-2-13(3-9-17)18(24)12-28-20-23-16(11-27-20)10-19(25)22-15-6-4-14(21)5-7-15/h2-9,11H,10,12H2,1H3,(H,22,25). The highest BCUT2D eigenvalue weighted by Gasteiger charge is 2.11. The summed E-state index contributed by atoms with van der Waals surface area (Å²) in [6.07, 6.45) is 0.194. The molecule has 0 unspecified atom stereocenters. The van der Waals surface area contributed by atoms with Crippen LogP contribution in [0.3, 0.4) is 0 Å². The van der Waals surface area contributed by atoms with Crippen molar-refractivity contribution in [3.63, 3.8) is 0 Å². The molecule has 0 saturated heterocycles. The fourth-order valence-corrected chi connectivity index (χ4v) is 4.33. The number of amides is 1. The maximum Gasteiger partial charge on any atom is 0.230 e. The number of ether oxygens (including phenoxy) is 1. The largest absolute Gasteiger partial charge is 0.497 e. The molecule has 0 bridgehead atoms. The summed E-state index contributed by atoms with van der Waals surface area (Å²) >= 11 is 6.17. The molecular weight excluding hydrogens is 460 g/mol. The summed E-state index contributed by atoms with van der Waals surface area (Å²) in [6.45, 7) is 0. The number of Topliss-reactive ketones (excluding diaryl/α,β-unsaturated/α-hetero) is 1. The molecule has 0 spiro atoms. The summed E-state index contributed by atoms with van der Waals surface area (Å²) in [5.74, 6) is 0.913. The number of nitrogens with zero attached hydrogens (tertiary/aromatic N) is 1. The van der Waals surface area contributed by atoms with Gasteiger partial charge in [0.1, 0.15) is 5.75 Å². The Morgan fingerprint density at radius 1 is 1.14 bits per heavy atom. The number of thioether (sulfide) groups is 1. The number of methoxy groups -OCH3 is 1. The van der Waals surface area contributed by atoms with Gasteiger partial charge < -0.3 is 10.1 Å². The molecule has 0 radical (unpaired) electrons. The van der Waals surface area contributed by atoms with Crippen LogP contribution in [0, 0.1) is 0 Å². The topological polar surface area (TPSA) is 68.3 Å². The Bertz CT molecular complexity index is 956. The van der Waals surface area contributed by atoms with Crippen molar-refractivity contribution in [2.75, 3.05) is 18.2 Å². The van der Waals surface area contributed by atoms with E-state index in [0.29, 0.717) is 17.0 Å². The lowest BCUT2D eigenvalue weighted by molar-refractivity contribution is -0.115. The predicted molar refractivity (Wildman–Crippen MR) is 117 cm³/mol. The zero-order valence-corrected chi connectivity index (χ0v) is 18.2. The molecule has 0 atom stereocenters. The molecule has 3 rings (SSSR count). The van der Waals surface area contributed by atoms with Gasteiger partial charge in [0.15, 0.2) is 10.1 Å². The number of ketones is 1. The predicted octanol–water partition coefficient (Wildman–Crippen LogP) is 5.07. The maximum atomic E-state index is 12.3. The van der Waals surface area contributed by atoms with E-state index in [1.165, 1.54) is 23.1 Å². The number of carbonyl (C=O) groups is 2. The number of rotatable bonds is 8. The van der Waals surface area contributed by atoms with E-state index in [1.54, 1.807) is 31.4 Å². The average Bonchev–Trinajstić information content (AvgIpc) is 3.15. The van der Waals surface area contributed by atoms with Crippen molar-refractivity contribution < 1.29 is 14.3 Å². The molecule has 0 aliphatic heterocycles. The van der Waals surface area contributed by atoms with Gasteiger partial charge in [0.05, 0.1) is 25.0 Å². The third-order valence-corrected chi connectivity index (χ3v) is 6.34. The van der Waals surface area contributed by atoms with Crippen molar-refractivity contribution in [3.8, 4) is 5.75 Å². The first kappa shape index (κ1) is 20.6. The second-order valence-corrected chi connectivity index (χ2v) is 8.77. The van der Waals surface area contributed by atoms with Gasteiger partial charge in [-0.3, -0.25) is 9.59 Å². The number of nitrogens with one attached hydrogen (secondary N) is 1. The van der Waals surface area contributed by atoms with Gasteiger partial charge in [-0.2, -0.15) is 0 Å². The van der Waals surface area contributed by atoms with Crippen molar-refractivity contribution in [2.45, 2.75) is 10.8 Å². The van der Waals surface area contributed by atoms with Crippen molar-refractivity contribution in [3.05, 3.63) is 69.6 Å². The number of benzene rings is 2. The van der Waals surface area contributed by atoms with E-state index in [2.05, 4.69) is 26.2 Å². The van der Waals surface area contributed by atoms with Crippen LogP contribution in [0.5, 0.6) is 5.75 Å². The summed E-state index contributed by atoms with van der Waals surface area (Å²) in [6, 6.07) is 14.4. The van der Waals surface area contributed by atoms with Crippen LogP contribution in [-0.4, -0.2) is 29.5 Å². The minimum absolute atomic E-state index is 0.0254. The first-order valence-corrected chi connectivity index (χ1v) is 11.0. The zero-order valence-electron chi connectivity index (χ0n) is 15.0. The third-order valence-electron chi connectivity index (χ3n) is 3.74. The van der Waals surface area contributed by atoms with Gasteiger partial charge in [-0.1, -0.05) is 27.7 Å². The summed E-state index contributed by atoms with van der Waals surface area (Å²) in [4.78, 5) is 28.9. The fourth-order valence-electron chi connectivity index (χ4n) is 2.33. The Morgan fingerprint density at radius 2 is 1.86 bits per heavy atom. The monoisotopic (exact) mass is 476 g/mol. The molecule has 1 heterocycles. The van der Waals surface area contributed by atoms with E-state index in [9.17, 15) is 9.59 Å². The normalized spacial score (nSPS) is 10.5. The lowest BCUT2D eigenvalue weighted by Gasteiger charge is -2.04. The maximum absolute atomic E-state index is 12.3. The highest BCUT2D eigenvalue weighted by molar-refractivity contribution is 9.10. The first-order valence-electron chi connectivity index (χ1n) is 8.33.